The van der Waals surface area contributed by atoms with Crippen LogP contribution >= 0.6 is 11.3 Å². The highest BCUT2D eigenvalue weighted by Crippen LogP contribution is 2.42. The molecule has 0 aliphatic carbocycles. The molecule has 0 unspecified atom stereocenters. The van der Waals surface area contributed by atoms with Crippen molar-refractivity contribution >= 4 is 22.4 Å². The van der Waals surface area contributed by atoms with Crippen LogP contribution in [-0.4, -0.2) is 28.4 Å². The lowest BCUT2D eigenvalue weighted by Gasteiger charge is -2.28. The van der Waals surface area contributed by atoms with E-state index in [1.807, 2.05) is 10.3 Å². The Kier molecular flexibility index (Phi) is 3.47. The first-order chi connectivity index (χ1) is 10.8. The molecule has 2 fully saturated rings. The first-order valence-corrected chi connectivity index (χ1v) is 8.74. The highest BCUT2D eigenvalue weighted by Gasteiger charge is 2.50. The molecular formula is C17H19N3OS. The summed E-state index contributed by atoms with van der Waals surface area (Å²) in [5.41, 5.74) is 2.51. The number of aromatic nitrogens is 1. The van der Waals surface area contributed by atoms with E-state index in [9.17, 15) is 4.79 Å². The molecule has 5 heteroatoms. The summed E-state index contributed by atoms with van der Waals surface area (Å²) in [6, 6.07) is 8.70. The molecule has 4 nitrogen and oxygen atoms in total. The van der Waals surface area contributed by atoms with Crippen LogP contribution in [0.2, 0.25) is 0 Å². The number of fused-ring (bicyclic) bond motifs is 1. The maximum atomic E-state index is 12.8. The second-order valence-electron chi connectivity index (χ2n) is 5.89. The lowest BCUT2D eigenvalue weighted by atomic mass is 10.1. The number of carbonyl (C=O) groups excluding carboxylic acids is 1. The SMILES string of the molecule is CCc1ccc([C@H]2N(c3nccs3)C(=O)[C@@H]3CCCN32)cc1. The minimum atomic E-state index is -0.00273. The van der Waals surface area contributed by atoms with Crippen molar-refractivity contribution in [2.45, 2.75) is 38.4 Å². The van der Waals surface area contributed by atoms with E-state index in [1.54, 1.807) is 6.20 Å². The number of rotatable bonds is 3. The van der Waals surface area contributed by atoms with Crippen molar-refractivity contribution in [3.8, 4) is 0 Å². The summed E-state index contributed by atoms with van der Waals surface area (Å²) in [4.78, 5) is 21.5. The zero-order valence-corrected chi connectivity index (χ0v) is 13.4. The van der Waals surface area contributed by atoms with E-state index >= 15 is 0 Å². The Morgan fingerprint density at radius 3 is 2.82 bits per heavy atom. The van der Waals surface area contributed by atoms with E-state index in [2.05, 4.69) is 41.1 Å². The molecule has 2 aliphatic heterocycles. The minimum absolute atomic E-state index is 0.00273. The van der Waals surface area contributed by atoms with Gasteiger partial charge in [0.1, 0.15) is 6.17 Å². The number of hydrogen-bond donors (Lipinski definition) is 0. The fraction of sp³-hybridized carbons (Fsp3) is 0.412. The molecule has 4 rings (SSSR count). The van der Waals surface area contributed by atoms with Crippen molar-refractivity contribution in [2.24, 2.45) is 0 Å². The van der Waals surface area contributed by atoms with Gasteiger partial charge in [0.25, 0.3) is 0 Å². The van der Waals surface area contributed by atoms with Gasteiger partial charge in [0, 0.05) is 18.1 Å². The molecule has 114 valence electrons. The van der Waals surface area contributed by atoms with E-state index in [4.69, 9.17) is 0 Å². The largest absolute Gasteiger partial charge is 0.273 e. The predicted molar refractivity (Wildman–Crippen MR) is 87.9 cm³/mol. The maximum absolute atomic E-state index is 12.8. The Morgan fingerprint density at radius 2 is 2.14 bits per heavy atom. The van der Waals surface area contributed by atoms with E-state index in [-0.39, 0.29) is 18.1 Å². The smallest absolute Gasteiger partial charge is 0.247 e. The number of benzene rings is 1. The van der Waals surface area contributed by atoms with Gasteiger partial charge in [-0.3, -0.25) is 14.6 Å². The third kappa shape index (κ3) is 2.08. The fourth-order valence-corrected chi connectivity index (χ4v) is 4.24. The van der Waals surface area contributed by atoms with Crippen molar-refractivity contribution in [3.63, 3.8) is 0 Å². The van der Waals surface area contributed by atoms with Crippen LogP contribution in [0.15, 0.2) is 35.8 Å². The molecule has 1 amide bonds. The molecule has 3 heterocycles. The average molecular weight is 313 g/mol. The molecule has 1 aromatic heterocycles. The highest BCUT2D eigenvalue weighted by atomic mass is 32.1. The Labute approximate surface area is 134 Å². The van der Waals surface area contributed by atoms with Gasteiger partial charge < -0.3 is 0 Å². The monoisotopic (exact) mass is 313 g/mol. The molecule has 0 spiro atoms. The summed E-state index contributed by atoms with van der Waals surface area (Å²) in [5.74, 6) is 0.206. The van der Waals surface area contributed by atoms with E-state index in [1.165, 1.54) is 22.5 Å². The molecule has 1 aromatic carbocycles. The first-order valence-electron chi connectivity index (χ1n) is 7.86. The van der Waals surface area contributed by atoms with Crippen LogP contribution in [0.3, 0.4) is 0 Å². The summed E-state index contributed by atoms with van der Waals surface area (Å²) in [5, 5.41) is 2.74. The molecule has 2 atom stereocenters. The van der Waals surface area contributed by atoms with Crippen LogP contribution in [0.5, 0.6) is 0 Å². The van der Waals surface area contributed by atoms with Crippen molar-refractivity contribution < 1.29 is 4.79 Å². The van der Waals surface area contributed by atoms with Crippen LogP contribution in [0.4, 0.5) is 5.13 Å². The molecule has 2 saturated heterocycles. The molecular weight excluding hydrogens is 294 g/mol. The molecule has 0 saturated carbocycles. The molecule has 0 radical (unpaired) electrons. The average Bonchev–Trinajstić information content (AvgIpc) is 3.26. The van der Waals surface area contributed by atoms with E-state index in [0.717, 1.165) is 30.9 Å². The lowest BCUT2D eigenvalue weighted by molar-refractivity contribution is -0.119. The van der Waals surface area contributed by atoms with Crippen LogP contribution in [0, 0.1) is 0 Å². The first kappa shape index (κ1) is 13.9. The van der Waals surface area contributed by atoms with Crippen molar-refractivity contribution in [3.05, 3.63) is 47.0 Å². The summed E-state index contributed by atoms with van der Waals surface area (Å²) < 4.78 is 0. The van der Waals surface area contributed by atoms with Gasteiger partial charge in [-0.15, -0.1) is 11.3 Å². The molecule has 22 heavy (non-hydrogen) atoms. The number of carbonyl (C=O) groups is 1. The predicted octanol–water partition coefficient (Wildman–Crippen LogP) is 3.22. The summed E-state index contributed by atoms with van der Waals surface area (Å²) >= 11 is 1.54. The van der Waals surface area contributed by atoms with Crippen molar-refractivity contribution in [2.75, 3.05) is 11.4 Å². The second-order valence-corrected chi connectivity index (χ2v) is 6.76. The zero-order chi connectivity index (χ0) is 15.1. The lowest BCUT2D eigenvalue weighted by Crippen LogP contribution is -2.32. The Hall–Kier alpha value is -1.72. The number of anilines is 1. The standard InChI is InChI=1S/C17H19N3OS/c1-2-12-5-7-13(8-6-12)15-19-10-3-4-14(19)16(21)20(15)17-18-9-11-22-17/h5-9,11,14-15H,2-4,10H2,1H3/t14-,15+/m0/s1. The number of nitrogens with zero attached hydrogens (tertiary/aromatic N) is 3. The fourth-order valence-electron chi connectivity index (χ4n) is 3.58. The molecule has 2 aliphatic rings. The van der Waals surface area contributed by atoms with Crippen LogP contribution in [0.1, 0.15) is 37.1 Å². The Balaban J connectivity index is 1.76. The number of hydrogen-bond acceptors (Lipinski definition) is 4. The Morgan fingerprint density at radius 1 is 1.32 bits per heavy atom. The molecule has 0 N–H and O–H groups in total. The van der Waals surface area contributed by atoms with Gasteiger partial charge in [0.15, 0.2) is 5.13 Å². The van der Waals surface area contributed by atoms with Gasteiger partial charge in [0.2, 0.25) is 5.91 Å². The van der Waals surface area contributed by atoms with E-state index < -0.39 is 0 Å². The second kappa shape index (κ2) is 5.48. The summed E-state index contributed by atoms with van der Waals surface area (Å²) in [7, 11) is 0. The number of thiazole rings is 1. The van der Waals surface area contributed by atoms with Gasteiger partial charge in [-0.05, 0) is 30.4 Å². The minimum Gasteiger partial charge on any atom is -0.273 e. The van der Waals surface area contributed by atoms with E-state index in [0.29, 0.717) is 0 Å². The van der Waals surface area contributed by atoms with Gasteiger partial charge >= 0.3 is 0 Å². The number of aryl methyl sites for hydroxylation is 1. The molecule has 2 aromatic rings. The normalized spacial score (nSPS) is 25.0. The number of amides is 1. The quantitative estimate of drug-likeness (QED) is 0.873. The summed E-state index contributed by atoms with van der Waals surface area (Å²) in [6.07, 6.45) is 4.87. The maximum Gasteiger partial charge on any atom is 0.247 e. The van der Waals surface area contributed by atoms with Crippen LogP contribution < -0.4 is 4.90 Å². The zero-order valence-electron chi connectivity index (χ0n) is 12.6. The van der Waals surface area contributed by atoms with Crippen molar-refractivity contribution in [1.82, 2.24) is 9.88 Å². The van der Waals surface area contributed by atoms with Crippen molar-refractivity contribution in [1.29, 1.82) is 0 Å². The highest BCUT2D eigenvalue weighted by molar-refractivity contribution is 7.13. The summed E-state index contributed by atoms with van der Waals surface area (Å²) in [6.45, 7) is 3.14. The van der Waals surface area contributed by atoms with Gasteiger partial charge in [-0.2, -0.15) is 0 Å². The van der Waals surface area contributed by atoms with Crippen LogP contribution in [-0.2, 0) is 11.2 Å². The molecule has 0 bridgehead atoms. The van der Waals surface area contributed by atoms with Gasteiger partial charge in [-0.25, -0.2) is 4.98 Å². The third-order valence-corrected chi connectivity index (χ3v) is 5.46. The third-order valence-electron chi connectivity index (χ3n) is 4.69. The Bertz CT molecular complexity index is 668. The van der Waals surface area contributed by atoms with Crippen LogP contribution in [0.25, 0.3) is 0 Å². The van der Waals surface area contributed by atoms with Gasteiger partial charge in [-0.1, -0.05) is 31.2 Å². The topological polar surface area (TPSA) is 36.4 Å². The van der Waals surface area contributed by atoms with Gasteiger partial charge in [0.05, 0.1) is 6.04 Å².